The number of rotatable bonds is 5. The van der Waals surface area contributed by atoms with Gasteiger partial charge in [0.25, 0.3) is 5.56 Å². The number of para-hydroxylation sites is 1. The van der Waals surface area contributed by atoms with Gasteiger partial charge in [-0.1, -0.05) is 30.9 Å². The van der Waals surface area contributed by atoms with Gasteiger partial charge in [-0.05, 0) is 49.6 Å². The summed E-state index contributed by atoms with van der Waals surface area (Å²) in [4.78, 5) is 41.8. The van der Waals surface area contributed by atoms with Gasteiger partial charge in [-0.15, -0.1) is 0 Å². The Morgan fingerprint density at radius 1 is 0.911 bits per heavy atom. The molecule has 0 atom stereocenters. The van der Waals surface area contributed by atoms with Gasteiger partial charge in [0.2, 0.25) is 5.78 Å². The molecule has 224 valence electrons. The van der Waals surface area contributed by atoms with Crippen LogP contribution in [0.15, 0.2) is 66.1 Å². The first kappa shape index (κ1) is 27.9. The first-order chi connectivity index (χ1) is 21.7. The molecule has 1 heterocycles. The Balaban J connectivity index is 1.51. The number of ketones is 2. The van der Waals surface area contributed by atoms with Crippen LogP contribution >= 0.6 is 0 Å². The highest BCUT2D eigenvalue weighted by Gasteiger charge is 2.42. The Kier molecular flexibility index (Phi) is 6.26. The number of methoxy groups -OCH3 is 1. The lowest BCUT2D eigenvalue weighted by Crippen LogP contribution is -2.25. The second-order valence-corrected chi connectivity index (χ2v) is 10.9. The van der Waals surface area contributed by atoms with E-state index in [9.17, 15) is 29.7 Å². The van der Waals surface area contributed by atoms with E-state index in [1.807, 2.05) is 0 Å². The second kappa shape index (κ2) is 10.1. The number of hydrogen-bond donors (Lipinski definition) is 3. The van der Waals surface area contributed by atoms with Gasteiger partial charge < -0.3 is 24.8 Å². The highest BCUT2D eigenvalue weighted by Crippen LogP contribution is 2.54. The van der Waals surface area contributed by atoms with Gasteiger partial charge in [0.05, 0.1) is 41.1 Å². The number of carbonyl (C=O) groups is 2. The Labute approximate surface area is 256 Å². The summed E-state index contributed by atoms with van der Waals surface area (Å²) in [6.07, 6.45) is 3.65. The fourth-order valence-corrected chi connectivity index (χ4v) is 6.49. The van der Waals surface area contributed by atoms with Crippen LogP contribution in [0.5, 0.6) is 28.7 Å². The number of benzene rings is 4. The van der Waals surface area contributed by atoms with Gasteiger partial charge in [0, 0.05) is 33.2 Å². The highest BCUT2D eigenvalue weighted by atomic mass is 16.5. The molecule has 0 spiro atoms. The predicted molar refractivity (Wildman–Crippen MR) is 165 cm³/mol. The zero-order chi connectivity index (χ0) is 31.7. The molecule has 10 heteroatoms. The van der Waals surface area contributed by atoms with E-state index in [0.29, 0.717) is 35.0 Å². The molecule has 0 radical (unpaired) electrons. The monoisotopic (exact) mass is 602 g/mol. The lowest BCUT2D eigenvalue weighted by atomic mass is 9.75. The third-order valence-corrected chi connectivity index (χ3v) is 8.55. The normalized spacial score (nSPS) is 13.1. The summed E-state index contributed by atoms with van der Waals surface area (Å²) in [5.41, 5.74) is 0.581. The summed E-state index contributed by atoms with van der Waals surface area (Å²) in [5, 5.41) is 39.3. The van der Waals surface area contributed by atoms with Gasteiger partial charge in [-0.3, -0.25) is 14.4 Å². The third-order valence-electron chi connectivity index (χ3n) is 8.55. The molecular weight excluding hydrogens is 576 g/mol. The van der Waals surface area contributed by atoms with E-state index in [0.717, 1.165) is 0 Å². The fraction of sp³-hybridized carbons (Fsp3) is 0.143. The first-order valence-electron chi connectivity index (χ1n) is 14.2. The van der Waals surface area contributed by atoms with E-state index < -0.39 is 28.6 Å². The van der Waals surface area contributed by atoms with Crippen molar-refractivity contribution in [3.63, 3.8) is 0 Å². The number of aromatic nitrogens is 2. The molecule has 0 saturated heterocycles. The molecule has 4 aromatic carbocycles. The van der Waals surface area contributed by atoms with Crippen molar-refractivity contribution in [3.8, 4) is 45.6 Å². The minimum absolute atomic E-state index is 0.0197. The van der Waals surface area contributed by atoms with Gasteiger partial charge >= 0.3 is 0 Å². The molecule has 0 aliphatic heterocycles. The van der Waals surface area contributed by atoms with Crippen molar-refractivity contribution in [2.24, 2.45) is 0 Å². The van der Waals surface area contributed by atoms with E-state index in [-0.39, 0.29) is 68.2 Å². The van der Waals surface area contributed by atoms with Crippen LogP contribution in [-0.2, 0) is 12.8 Å². The van der Waals surface area contributed by atoms with Crippen LogP contribution in [0.1, 0.15) is 48.5 Å². The average Bonchev–Trinajstić information content (AvgIpc) is 3.04. The summed E-state index contributed by atoms with van der Waals surface area (Å²) in [6, 6.07) is 11.8. The van der Waals surface area contributed by atoms with E-state index in [2.05, 4.69) is 11.7 Å². The SMILES string of the molecule is C=CCOc1cc2c(c(O)c1C)C(=O)c1c(OC)c3c(c(O)c1C2=O)-c1c(cc2cnn(-c4ccccc4)c(=O)c2c1O)CC3. The van der Waals surface area contributed by atoms with Crippen molar-refractivity contribution in [2.45, 2.75) is 19.8 Å². The van der Waals surface area contributed by atoms with Crippen molar-refractivity contribution in [2.75, 3.05) is 13.7 Å². The number of phenols is 3. The molecule has 0 fully saturated rings. The zero-order valence-electron chi connectivity index (χ0n) is 24.3. The molecule has 0 saturated carbocycles. The van der Waals surface area contributed by atoms with Gasteiger partial charge in [-0.2, -0.15) is 9.78 Å². The van der Waals surface area contributed by atoms with Crippen molar-refractivity contribution in [1.82, 2.24) is 9.78 Å². The highest BCUT2D eigenvalue weighted by molar-refractivity contribution is 6.32. The van der Waals surface area contributed by atoms with Crippen LogP contribution in [-0.4, -0.2) is 50.4 Å². The van der Waals surface area contributed by atoms with Crippen LogP contribution in [0.3, 0.4) is 0 Å². The van der Waals surface area contributed by atoms with Crippen LogP contribution in [0.4, 0.5) is 0 Å². The average molecular weight is 603 g/mol. The smallest absolute Gasteiger partial charge is 0.283 e. The van der Waals surface area contributed by atoms with Crippen molar-refractivity contribution < 1.29 is 34.4 Å². The molecule has 5 aromatic rings. The largest absolute Gasteiger partial charge is 0.507 e. The molecule has 7 rings (SSSR count). The Bertz CT molecular complexity index is 2220. The standard InChI is InChI=1S/C35H26N2O8/c1-4-12-45-22-14-21-26(29(38)16(22)2)33(42)28-27(30(21)39)32(41)25-20(34(28)44-3)11-10-17-13-18-15-36-37(19-8-6-5-7-9-19)35(43)24(18)31(40)23(17)25/h4-9,13-15,38,40-41H,1,10-12H2,2-3H3. The molecule has 3 N–H and O–H groups in total. The lowest BCUT2D eigenvalue weighted by Gasteiger charge is -2.30. The van der Waals surface area contributed by atoms with Gasteiger partial charge in [0.15, 0.2) is 5.78 Å². The van der Waals surface area contributed by atoms with Crippen molar-refractivity contribution in [1.29, 1.82) is 0 Å². The Morgan fingerprint density at radius 2 is 1.67 bits per heavy atom. The van der Waals surface area contributed by atoms with Crippen LogP contribution < -0.4 is 15.0 Å². The first-order valence-corrected chi connectivity index (χ1v) is 14.2. The summed E-state index contributed by atoms with van der Waals surface area (Å²) < 4.78 is 12.5. The maximum atomic E-state index is 14.1. The number of carbonyl (C=O) groups excluding carboxylic acids is 2. The second-order valence-electron chi connectivity index (χ2n) is 10.9. The third kappa shape index (κ3) is 3.81. The van der Waals surface area contributed by atoms with E-state index >= 15 is 0 Å². The predicted octanol–water partition coefficient (Wildman–Crippen LogP) is 4.93. The topological polar surface area (TPSA) is 148 Å². The molecule has 45 heavy (non-hydrogen) atoms. The van der Waals surface area contributed by atoms with Crippen molar-refractivity contribution in [3.05, 3.63) is 111 Å². The van der Waals surface area contributed by atoms with E-state index in [4.69, 9.17) is 9.47 Å². The summed E-state index contributed by atoms with van der Waals surface area (Å²) >= 11 is 0. The number of aromatic hydroxyl groups is 3. The minimum atomic E-state index is -0.736. The molecule has 2 aliphatic carbocycles. The maximum absolute atomic E-state index is 14.1. The summed E-state index contributed by atoms with van der Waals surface area (Å²) in [5.74, 6) is -2.54. The number of aryl methyl sites for hydroxylation is 1. The van der Waals surface area contributed by atoms with Crippen LogP contribution in [0, 0.1) is 6.92 Å². The number of hydrogen-bond acceptors (Lipinski definition) is 9. The number of phenolic OH excluding ortho intramolecular Hbond substituents is 3. The summed E-state index contributed by atoms with van der Waals surface area (Å²) in [7, 11) is 1.34. The van der Waals surface area contributed by atoms with E-state index in [1.54, 1.807) is 43.3 Å². The number of ether oxygens (including phenoxy) is 2. The zero-order valence-corrected chi connectivity index (χ0v) is 24.3. The minimum Gasteiger partial charge on any atom is -0.507 e. The number of nitrogens with zero attached hydrogens (tertiary/aromatic N) is 2. The molecule has 0 bridgehead atoms. The Morgan fingerprint density at radius 3 is 2.38 bits per heavy atom. The number of fused-ring (bicyclic) bond motifs is 6. The molecule has 2 aliphatic rings. The molecule has 1 aromatic heterocycles. The molecule has 0 unspecified atom stereocenters. The van der Waals surface area contributed by atoms with E-state index in [1.165, 1.54) is 30.1 Å². The quantitative estimate of drug-likeness (QED) is 0.234. The Hall–Kier alpha value is -5.90. The maximum Gasteiger partial charge on any atom is 0.283 e. The lowest BCUT2D eigenvalue weighted by molar-refractivity contribution is 0.0971. The fourth-order valence-electron chi connectivity index (χ4n) is 6.49. The van der Waals surface area contributed by atoms with Crippen LogP contribution in [0.25, 0.3) is 27.6 Å². The molecule has 10 nitrogen and oxygen atoms in total. The van der Waals surface area contributed by atoms with Gasteiger partial charge in [0.1, 0.15) is 35.4 Å². The van der Waals surface area contributed by atoms with Crippen molar-refractivity contribution >= 4 is 22.3 Å². The molecule has 0 amide bonds. The van der Waals surface area contributed by atoms with Crippen LogP contribution in [0.2, 0.25) is 0 Å². The molecular formula is C35H26N2O8. The summed E-state index contributed by atoms with van der Waals surface area (Å²) in [6.45, 7) is 5.27. The van der Waals surface area contributed by atoms with Gasteiger partial charge in [-0.25, -0.2) is 0 Å².